The van der Waals surface area contributed by atoms with Gasteiger partial charge in [0.05, 0.1) is 0 Å². The minimum absolute atomic E-state index is 0.193. The summed E-state index contributed by atoms with van der Waals surface area (Å²) >= 11 is 0. The lowest BCUT2D eigenvalue weighted by Crippen LogP contribution is -2.24. The van der Waals surface area contributed by atoms with Crippen LogP contribution in [0.4, 0.5) is 14.6 Å². The lowest BCUT2D eigenvalue weighted by atomic mass is 9.82. The van der Waals surface area contributed by atoms with E-state index in [9.17, 15) is 13.6 Å². The van der Waals surface area contributed by atoms with Crippen LogP contribution in [0.1, 0.15) is 74.1 Å². The van der Waals surface area contributed by atoms with E-state index >= 15 is 0 Å². The van der Waals surface area contributed by atoms with Gasteiger partial charge in [-0.3, -0.25) is 4.79 Å². The second-order valence-electron chi connectivity index (χ2n) is 9.97. The van der Waals surface area contributed by atoms with Crippen molar-refractivity contribution >= 4 is 11.7 Å². The van der Waals surface area contributed by atoms with Gasteiger partial charge in [0.2, 0.25) is 0 Å². The van der Waals surface area contributed by atoms with Crippen LogP contribution >= 0.6 is 0 Å². The van der Waals surface area contributed by atoms with Crippen LogP contribution in [0.15, 0.2) is 54.6 Å². The van der Waals surface area contributed by atoms with E-state index in [2.05, 4.69) is 16.4 Å². The number of hydrogen-bond donors (Lipinski definition) is 2. The maximum Gasteiger partial charge on any atom is 0.251 e. The number of fused-ring (bicyclic) bond motifs is 8. The summed E-state index contributed by atoms with van der Waals surface area (Å²) in [4.78, 5) is 17.4. The quantitative estimate of drug-likeness (QED) is 0.333. The van der Waals surface area contributed by atoms with E-state index in [1.807, 2.05) is 45.0 Å². The SMILES string of the molecule is CCc1cc2c(cc1-c1ccc(F)cc1F)C1OC2c2ccc(C(=O)NCc3c(C)cc(N)nc3C)cc21. The zero-order valence-electron chi connectivity index (χ0n) is 21.4. The van der Waals surface area contributed by atoms with Crippen molar-refractivity contribution in [3.8, 4) is 11.1 Å². The van der Waals surface area contributed by atoms with Crippen molar-refractivity contribution in [3.05, 3.63) is 116 Å². The first kappa shape index (κ1) is 24.2. The van der Waals surface area contributed by atoms with Crippen molar-refractivity contribution in [1.82, 2.24) is 10.3 Å². The number of nitrogen functional groups attached to an aromatic ring is 1. The van der Waals surface area contributed by atoms with Gasteiger partial charge in [-0.2, -0.15) is 0 Å². The van der Waals surface area contributed by atoms with Gasteiger partial charge in [-0.15, -0.1) is 0 Å². The Hall–Kier alpha value is -4.10. The molecule has 2 atom stereocenters. The molecule has 0 saturated carbocycles. The summed E-state index contributed by atoms with van der Waals surface area (Å²) in [6.45, 7) is 6.19. The predicted molar refractivity (Wildman–Crippen MR) is 142 cm³/mol. The third kappa shape index (κ3) is 3.85. The van der Waals surface area contributed by atoms with Crippen LogP contribution in [0.2, 0.25) is 0 Å². The Bertz CT molecular complexity index is 1610. The monoisotopic (exact) mass is 511 g/mol. The van der Waals surface area contributed by atoms with Crippen molar-refractivity contribution in [1.29, 1.82) is 0 Å². The molecule has 0 spiro atoms. The maximum absolute atomic E-state index is 14.7. The van der Waals surface area contributed by atoms with Crippen LogP contribution in [0.25, 0.3) is 11.1 Å². The Balaban J connectivity index is 1.31. The van der Waals surface area contributed by atoms with Crippen LogP contribution in [0.3, 0.4) is 0 Å². The number of halogens is 2. The molecule has 3 aromatic carbocycles. The first-order valence-electron chi connectivity index (χ1n) is 12.7. The molecule has 6 rings (SSSR count). The van der Waals surface area contributed by atoms with E-state index in [0.717, 1.165) is 56.3 Å². The molecule has 2 aliphatic rings. The lowest BCUT2D eigenvalue weighted by Gasteiger charge is -2.20. The van der Waals surface area contributed by atoms with Crippen LogP contribution in [-0.4, -0.2) is 10.9 Å². The topological polar surface area (TPSA) is 77.2 Å². The second kappa shape index (κ2) is 9.03. The Morgan fingerprint density at radius 1 is 0.947 bits per heavy atom. The fourth-order valence-corrected chi connectivity index (χ4v) is 5.76. The van der Waals surface area contributed by atoms with Gasteiger partial charge in [-0.05, 0) is 101 Å². The number of anilines is 1. The number of carbonyl (C=O) groups excluding carboxylic acids is 1. The summed E-state index contributed by atoms with van der Waals surface area (Å²) in [6.07, 6.45) is 0.119. The molecule has 38 heavy (non-hydrogen) atoms. The number of nitrogens with one attached hydrogen (secondary N) is 1. The molecule has 0 aliphatic carbocycles. The number of nitrogens with zero attached hydrogens (tertiary/aromatic N) is 1. The maximum atomic E-state index is 14.7. The number of amides is 1. The van der Waals surface area contributed by atoms with Gasteiger partial charge in [0.25, 0.3) is 5.91 Å². The smallest absolute Gasteiger partial charge is 0.251 e. The van der Waals surface area contributed by atoms with Crippen molar-refractivity contribution in [2.75, 3.05) is 5.73 Å². The van der Waals surface area contributed by atoms with Crippen LogP contribution < -0.4 is 11.1 Å². The summed E-state index contributed by atoms with van der Waals surface area (Å²) in [5, 5.41) is 2.99. The van der Waals surface area contributed by atoms with E-state index in [4.69, 9.17) is 10.5 Å². The fraction of sp³-hybridized carbons (Fsp3) is 0.226. The minimum Gasteiger partial charge on any atom is -0.384 e. The number of benzene rings is 3. The van der Waals surface area contributed by atoms with E-state index in [1.54, 1.807) is 6.07 Å². The molecule has 0 saturated heterocycles. The van der Waals surface area contributed by atoms with Crippen molar-refractivity contribution in [2.24, 2.45) is 0 Å². The third-order valence-electron chi connectivity index (χ3n) is 7.66. The normalized spacial score (nSPS) is 16.9. The fourth-order valence-electron chi connectivity index (χ4n) is 5.76. The summed E-state index contributed by atoms with van der Waals surface area (Å²) in [5.74, 6) is -0.933. The summed E-state index contributed by atoms with van der Waals surface area (Å²) in [5.41, 5.74) is 15.1. The molecule has 7 heteroatoms. The van der Waals surface area contributed by atoms with Gasteiger partial charge < -0.3 is 15.8 Å². The number of hydrogen-bond acceptors (Lipinski definition) is 4. The molecule has 2 unspecified atom stereocenters. The molecule has 0 fully saturated rings. The van der Waals surface area contributed by atoms with E-state index in [-0.39, 0.29) is 18.1 Å². The highest BCUT2D eigenvalue weighted by molar-refractivity contribution is 5.94. The van der Waals surface area contributed by atoms with Gasteiger partial charge >= 0.3 is 0 Å². The number of aromatic nitrogens is 1. The van der Waals surface area contributed by atoms with Crippen LogP contribution in [0.5, 0.6) is 0 Å². The van der Waals surface area contributed by atoms with Crippen molar-refractivity contribution in [2.45, 2.75) is 45.9 Å². The Labute approximate surface area is 219 Å². The van der Waals surface area contributed by atoms with Gasteiger partial charge in [0.1, 0.15) is 29.7 Å². The lowest BCUT2D eigenvalue weighted by molar-refractivity contribution is 0.0857. The molecule has 5 nitrogen and oxygen atoms in total. The number of aryl methyl sites for hydroxylation is 3. The minimum atomic E-state index is -0.606. The molecular formula is C31H27F2N3O2. The molecule has 192 valence electrons. The van der Waals surface area contributed by atoms with E-state index in [0.29, 0.717) is 29.9 Å². The highest BCUT2D eigenvalue weighted by Gasteiger charge is 2.43. The molecular weight excluding hydrogens is 484 g/mol. The summed E-state index contributed by atoms with van der Waals surface area (Å²) in [6, 6.07) is 15.2. The molecule has 2 aliphatic heterocycles. The number of rotatable bonds is 5. The molecule has 1 amide bonds. The summed E-state index contributed by atoms with van der Waals surface area (Å²) < 4.78 is 34.6. The van der Waals surface area contributed by atoms with Gasteiger partial charge in [-0.1, -0.05) is 19.1 Å². The standard InChI is InChI=1S/C31H27F2N3O2/c1-4-17-10-24-25(13-22(17)20-8-6-19(32)12-27(20)33)30-23-11-18(5-7-21(23)29(24)38-30)31(37)35-14-26-15(2)9-28(34)36-16(26)3/h5-13,29-30H,4,14H2,1-3H3,(H2,34,36)(H,35,37). The highest BCUT2D eigenvalue weighted by atomic mass is 19.1. The van der Waals surface area contributed by atoms with Gasteiger partial charge in [0, 0.05) is 29.4 Å². The van der Waals surface area contributed by atoms with Crippen molar-refractivity contribution < 1.29 is 18.3 Å². The summed E-state index contributed by atoms with van der Waals surface area (Å²) in [7, 11) is 0. The first-order valence-corrected chi connectivity index (χ1v) is 12.7. The Morgan fingerprint density at radius 2 is 1.68 bits per heavy atom. The first-order chi connectivity index (χ1) is 18.2. The zero-order valence-corrected chi connectivity index (χ0v) is 21.4. The predicted octanol–water partition coefficient (Wildman–Crippen LogP) is 6.24. The average Bonchev–Trinajstić information content (AvgIpc) is 3.44. The molecule has 2 bridgehead atoms. The highest BCUT2D eigenvalue weighted by Crippen LogP contribution is 2.55. The van der Waals surface area contributed by atoms with Crippen LogP contribution in [0, 0.1) is 25.5 Å². The number of ether oxygens (including phenoxy) is 1. The van der Waals surface area contributed by atoms with E-state index in [1.165, 1.54) is 12.1 Å². The Kier molecular flexibility index (Phi) is 5.76. The van der Waals surface area contributed by atoms with Crippen LogP contribution in [-0.2, 0) is 17.7 Å². The number of pyridine rings is 1. The Morgan fingerprint density at radius 3 is 2.42 bits per heavy atom. The molecule has 1 aromatic heterocycles. The largest absolute Gasteiger partial charge is 0.384 e. The molecule has 4 aromatic rings. The van der Waals surface area contributed by atoms with Gasteiger partial charge in [-0.25, -0.2) is 13.8 Å². The molecule has 3 heterocycles. The number of carbonyl (C=O) groups is 1. The van der Waals surface area contributed by atoms with Gasteiger partial charge in [0.15, 0.2) is 0 Å². The third-order valence-corrected chi connectivity index (χ3v) is 7.66. The molecule has 0 radical (unpaired) electrons. The average molecular weight is 512 g/mol. The number of nitrogens with two attached hydrogens (primary N) is 1. The van der Waals surface area contributed by atoms with Crippen molar-refractivity contribution in [3.63, 3.8) is 0 Å². The zero-order chi connectivity index (χ0) is 26.7. The van der Waals surface area contributed by atoms with E-state index < -0.39 is 11.6 Å². The second-order valence-corrected chi connectivity index (χ2v) is 9.97. The molecule has 3 N–H and O–H groups in total.